The van der Waals surface area contributed by atoms with E-state index in [1.807, 2.05) is 19.9 Å². The standard InChI is InChI=1S/C16H14IN3O2/c1-9-7-11(8-14-15(21)19-16(22)18-14)10(2)20(9)13-5-3-12(17)4-6-13/h3-8H,1-2H3,(H2,18,19,21,22). The summed E-state index contributed by atoms with van der Waals surface area (Å²) < 4.78 is 3.30. The maximum absolute atomic E-state index is 11.6. The van der Waals surface area contributed by atoms with Gasteiger partial charge in [0.25, 0.3) is 5.91 Å². The lowest BCUT2D eigenvalue weighted by Crippen LogP contribution is -2.22. The molecule has 1 saturated heterocycles. The number of aryl methyl sites for hydroxylation is 1. The van der Waals surface area contributed by atoms with Crippen molar-refractivity contribution in [3.05, 3.63) is 56.6 Å². The molecule has 6 heteroatoms. The highest BCUT2D eigenvalue weighted by Gasteiger charge is 2.23. The van der Waals surface area contributed by atoms with Gasteiger partial charge in [0.15, 0.2) is 0 Å². The first kappa shape index (κ1) is 14.8. The number of amides is 3. The number of carbonyl (C=O) groups is 2. The van der Waals surface area contributed by atoms with Crippen LogP contribution in [0.2, 0.25) is 0 Å². The van der Waals surface area contributed by atoms with E-state index in [0.717, 1.165) is 22.6 Å². The van der Waals surface area contributed by atoms with Crippen molar-refractivity contribution in [2.24, 2.45) is 0 Å². The number of carbonyl (C=O) groups excluding carboxylic acids is 2. The van der Waals surface area contributed by atoms with Gasteiger partial charge in [-0.2, -0.15) is 0 Å². The minimum Gasteiger partial charge on any atom is -0.318 e. The molecule has 1 aliphatic rings. The summed E-state index contributed by atoms with van der Waals surface area (Å²) in [7, 11) is 0. The molecular formula is C16H14IN3O2. The second-order valence-electron chi connectivity index (χ2n) is 5.10. The van der Waals surface area contributed by atoms with E-state index in [9.17, 15) is 9.59 Å². The van der Waals surface area contributed by atoms with Crippen LogP contribution in [0.25, 0.3) is 11.8 Å². The van der Waals surface area contributed by atoms with Crippen LogP contribution in [0, 0.1) is 17.4 Å². The van der Waals surface area contributed by atoms with Gasteiger partial charge in [-0.25, -0.2) is 4.79 Å². The predicted octanol–water partition coefficient (Wildman–Crippen LogP) is 2.88. The maximum Gasteiger partial charge on any atom is 0.326 e. The van der Waals surface area contributed by atoms with E-state index in [1.165, 1.54) is 3.57 Å². The van der Waals surface area contributed by atoms with E-state index in [0.29, 0.717) is 0 Å². The summed E-state index contributed by atoms with van der Waals surface area (Å²) in [6.45, 7) is 4.01. The SMILES string of the molecule is Cc1cc(C=C2NC(=O)NC2=O)c(C)n1-c1ccc(I)cc1. The van der Waals surface area contributed by atoms with Crippen LogP contribution in [0.15, 0.2) is 36.0 Å². The van der Waals surface area contributed by atoms with Gasteiger partial charge in [0.05, 0.1) is 0 Å². The van der Waals surface area contributed by atoms with Crippen LogP contribution in [0.3, 0.4) is 0 Å². The molecule has 0 spiro atoms. The average molecular weight is 407 g/mol. The van der Waals surface area contributed by atoms with E-state index in [2.05, 4.69) is 62.1 Å². The summed E-state index contributed by atoms with van der Waals surface area (Å²) in [5.41, 5.74) is 4.33. The van der Waals surface area contributed by atoms with Gasteiger partial charge in [-0.3, -0.25) is 10.1 Å². The van der Waals surface area contributed by atoms with Crippen LogP contribution in [-0.2, 0) is 4.79 Å². The van der Waals surface area contributed by atoms with Crippen LogP contribution in [0.4, 0.5) is 4.79 Å². The molecule has 5 nitrogen and oxygen atoms in total. The van der Waals surface area contributed by atoms with Crippen LogP contribution >= 0.6 is 22.6 Å². The Morgan fingerprint density at radius 1 is 1.09 bits per heavy atom. The Morgan fingerprint density at radius 3 is 2.36 bits per heavy atom. The van der Waals surface area contributed by atoms with Gasteiger partial charge in [0, 0.05) is 20.6 Å². The van der Waals surface area contributed by atoms with Gasteiger partial charge in [-0.1, -0.05) is 0 Å². The molecular weight excluding hydrogens is 393 g/mol. The lowest BCUT2D eigenvalue weighted by molar-refractivity contribution is -0.115. The number of benzene rings is 1. The van der Waals surface area contributed by atoms with E-state index >= 15 is 0 Å². The topological polar surface area (TPSA) is 63.1 Å². The van der Waals surface area contributed by atoms with Crippen molar-refractivity contribution < 1.29 is 9.59 Å². The zero-order chi connectivity index (χ0) is 15.9. The normalized spacial score (nSPS) is 16.0. The minimum atomic E-state index is -0.484. The summed E-state index contributed by atoms with van der Waals surface area (Å²) in [4.78, 5) is 22.8. The second kappa shape index (κ2) is 5.60. The molecule has 0 aliphatic carbocycles. The van der Waals surface area contributed by atoms with E-state index in [4.69, 9.17) is 0 Å². The number of aromatic nitrogens is 1. The number of nitrogens with zero attached hydrogens (tertiary/aromatic N) is 1. The van der Waals surface area contributed by atoms with E-state index in [-0.39, 0.29) is 5.70 Å². The fraction of sp³-hybridized carbons (Fsp3) is 0.125. The third kappa shape index (κ3) is 2.66. The molecule has 22 heavy (non-hydrogen) atoms. The molecule has 1 aromatic carbocycles. The Balaban J connectivity index is 2.04. The summed E-state index contributed by atoms with van der Waals surface area (Å²) in [6, 6.07) is 9.74. The van der Waals surface area contributed by atoms with E-state index < -0.39 is 11.9 Å². The lowest BCUT2D eigenvalue weighted by atomic mass is 10.2. The maximum atomic E-state index is 11.6. The van der Waals surface area contributed by atoms with Crippen molar-refractivity contribution >= 4 is 40.6 Å². The Kier molecular flexibility index (Phi) is 3.78. The highest BCUT2D eigenvalue weighted by atomic mass is 127. The van der Waals surface area contributed by atoms with Gasteiger partial charge < -0.3 is 9.88 Å². The molecule has 2 N–H and O–H groups in total. The van der Waals surface area contributed by atoms with Gasteiger partial charge in [0.2, 0.25) is 0 Å². The smallest absolute Gasteiger partial charge is 0.318 e. The highest BCUT2D eigenvalue weighted by molar-refractivity contribution is 14.1. The largest absolute Gasteiger partial charge is 0.326 e. The average Bonchev–Trinajstić information content (AvgIpc) is 2.92. The van der Waals surface area contributed by atoms with Crippen molar-refractivity contribution in [1.29, 1.82) is 0 Å². The zero-order valence-electron chi connectivity index (χ0n) is 12.1. The van der Waals surface area contributed by atoms with Crippen LogP contribution < -0.4 is 10.6 Å². The second-order valence-corrected chi connectivity index (χ2v) is 6.35. The van der Waals surface area contributed by atoms with Crippen LogP contribution in [0.5, 0.6) is 0 Å². The summed E-state index contributed by atoms with van der Waals surface area (Å²) in [5.74, 6) is -0.399. The predicted molar refractivity (Wildman–Crippen MR) is 92.6 cm³/mol. The molecule has 3 rings (SSSR count). The molecule has 0 saturated carbocycles. The van der Waals surface area contributed by atoms with Crippen molar-refractivity contribution in [1.82, 2.24) is 15.2 Å². The fourth-order valence-electron chi connectivity index (χ4n) is 2.56. The van der Waals surface area contributed by atoms with Gasteiger partial charge in [-0.05, 0) is 78.4 Å². The quantitative estimate of drug-likeness (QED) is 0.457. The summed E-state index contributed by atoms with van der Waals surface area (Å²) in [5, 5.41) is 4.71. The van der Waals surface area contributed by atoms with Crippen molar-refractivity contribution in [3.63, 3.8) is 0 Å². The molecule has 1 aromatic heterocycles. The summed E-state index contributed by atoms with van der Waals surface area (Å²) in [6.07, 6.45) is 1.70. The molecule has 0 unspecified atom stereocenters. The number of urea groups is 1. The number of halogens is 1. The molecule has 3 amide bonds. The van der Waals surface area contributed by atoms with Gasteiger partial charge in [0.1, 0.15) is 5.70 Å². The molecule has 0 bridgehead atoms. The van der Waals surface area contributed by atoms with Gasteiger partial charge >= 0.3 is 6.03 Å². The summed E-state index contributed by atoms with van der Waals surface area (Å²) >= 11 is 2.27. The van der Waals surface area contributed by atoms with Gasteiger partial charge in [-0.15, -0.1) is 0 Å². The monoisotopic (exact) mass is 407 g/mol. The number of nitrogens with one attached hydrogen (secondary N) is 2. The molecule has 1 fully saturated rings. The van der Waals surface area contributed by atoms with Crippen LogP contribution in [-0.4, -0.2) is 16.5 Å². The molecule has 0 atom stereocenters. The fourth-order valence-corrected chi connectivity index (χ4v) is 2.92. The Hall–Kier alpha value is -2.09. The Morgan fingerprint density at radius 2 is 1.77 bits per heavy atom. The van der Waals surface area contributed by atoms with Crippen molar-refractivity contribution in [3.8, 4) is 5.69 Å². The first-order valence-electron chi connectivity index (χ1n) is 6.74. The molecule has 2 aromatic rings. The molecule has 1 aliphatic heterocycles. The van der Waals surface area contributed by atoms with Crippen molar-refractivity contribution in [2.75, 3.05) is 0 Å². The van der Waals surface area contributed by atoms with Crippen molar-refractivity contribution in [2.45, 2.75) is 13.8 Å². The Bertz CT molecular complexity index is 804. The number of imide groups is 1. The first-order chi connectivity index (χ1) is 10.5. The molecule has 2 heterocycles. The first-order valence-corrected chi connectivity index (χ1v) is 7.82. The lowest BCUT2D eigenvalue weighted by Gasteiger charge is -2.09. The third-order valence-electron chi connectivity index (χ3n) is 3.57. The zero-order valence-corrected chi connectivity index (χ0v) is 14.3. The molecule has 112 valence electrons. The third-order valence-corrected chi connectivity index (χ3v) is 4.29. The minimum absolute atomic E-state index is 0.271. The number of rotatable bonds is 2. The number of hydrogen-bond donors (Lipinski definition) is 2. The molecule has 0 radical (unpaired) electrons. The highest BCUT2D eigenvalue weighted by Crippen LogP contribution is 2.23. The van der Waals surface area contributed by atoms with Crippen LogP contribution in [0.1, 0.15) is 17.0 Å². The Labute approximate surface area is 141 Å². The number of hydrogen-bond acceptors (Lipinski definition) is 2. The van der Waals surface area contributed by atoms with E-state index in [1.54, 1.807) is 6.08 Å².